The minimum absolute atomic E-state index is 0.0942. The summed E-state index contributed by atoms with van der Waals surface area (Å²) < 4.78 is 12.6. The molecule has 0 spiro atoms. The number of rotatable bonds is 3. The third-order valence-corrected chi connectivity index (χ3v) is 3.38. The first-order valence-electron chi connectivity index (χ1n) is 4.06. The van der Waals surface area contributed by atoms with Crippen molar-refractivity contribution in [1.82, 2.24) is 14.0 Å². The first kappa shape index (κ1) is 10.2. The summed E-state index contributed by atoms with van der Waals surface area (Å²) in [5.41, 5.74) is 0.650. The molecule has 15 heavy (non-hydrogen) atoms. The van der Waals surface area contributed by atoms with Crippen LogP contribution in [0.1, 0.15) is 20.2 Å². The quantitative estimate of drug-likeness (QED) is 0.763. The van der Waals surface area contributed by atoms with Crippen LogP contribution in [0.15, 0.2) is 6.07 Å². The number of aromatic nitrogens is 3. The molecule has 0 aliphatic carbocycles. The third-order valence-electron chi connectivity index (χ3n) is 1.78. The fourth-order valence-corrected chi connectivity index (χ4v) is 2.34. The molecule has 2 rings (SSSR count). The molecule has 5 nitrogen and oxygen atoms in total. The molecular weight excluding hydrogens is 234 g/mol. The standard InChI is InChI=1S/C8H7N3O2S2/c1-4-8(15-11-9-4)7(12)5-3-6(13-2)10-14-5/h3H,1-2H3. The van der Waals surface area contributed by atoms with E-state index in [2.05, 4.69) is 14.0 Å². The van der Waals surface area contributed by atoms with Crippen LogP contribution < -0.4 is 4.74 Å². The van der Waals surface area contributed by atoms with Crippen molar-refractivity contribution < 1.29 is 9.53 Å². The Morgan fingerprint density at radius 2 is 2.27 bits per heavy atom. The fourth-order valence-electron chi connectivity index (χ4n) is 1.01. The minimum Gasteiger partial charge on any atom is -0.480 e. The molecule has 2 heterocycles. The zero-order valence-corrected chi connectivity index (χ0v) is 9.68. The molecule has 0 aliphatic heterocycles. The maximum absolute atomic E-state index is 11.9. The molecule has 0 radical (unpaired) electrons. The molecule has 2 aromatic heterocycles. The second-order valence-electron chi connectivity index (χ2n) is 2.75. The maximum Gasteiger partial charge on any atom is 0.225 e. The lowest BCUT2D eigenvalue weighted by Crippen LogP contribution is -1.97. The SMILES string of the molecule is COc1cc(C(=O)c2snnc2C)sn1. The fraction of sp³-hybridized carbons (Fsp3) is 0.250. The van der Waals surface area contributed by atoms with Crippen molar-refractivity contribution in [2.75, 3.05) is 7.11 Å². The lowest BCUT2D eigenvalue weighted by molar-refractivity contribution is 0.104. The Labute approximate surface area is 94.0 Å². The van der Waals surface area contributed by atoms with Gasteiger partial charge in [-0.25, -0.2) is 0 Å². The molecule has 0 aliphatic rings. The van der Waals surface area contributed by atoms with Crippen LogP contribution in [0.5, 0.6) is 5.88 Å². The number of carbonyl (C=O) groups excluding carboxylic acids is 1. The van der Waals surface area contributed by atoms with Gasteiger partial charge in [-0.05, 0) is 30.0 Å². The van der Waals surface area contributed by atoms with Gasteiger partial charge in [0.2, 0.25) is 11.7 Å². The molecular formula is C8H7N3O2S2. The minimum atomic E-state index is -0.0942. The van der Waals surface area contributed by atoms with Crippen LogP contribution in [0.4, 0.5) is 0 Å². The summed E-state index contributed by atoms with van der Waals surface area (Å²) >= 11 is 2.21. The number of ketones is 1. The number of hydrogen-bond donors (Lipinski definition) is 0. The van der Waals surface area contributed by atoms with E-state index in [-0.39, 0.29) is 5.78 Å². The number of ether oxygens (including phenoxy) is 1. The van der Waals surface area contributed by atoms with Gasteiger partial charge in [-0.15, -0.1) is 5.10 Å². The van der Waals surface area contributed by atoms with Crippen LogP contribution in [-0.2, 0) is 0 Å². The topological polar surface area (TPSA) is 65.0 Å². The van der Waals surface area contributed by atoms with Crippen molar-refractivity contribution in [2.45, 2.75) is 6.92 Å². The maximum atomic E-state index is 11.9. The molecule has 0 N–H and O–H groups in total. The second kappa shape index (κ2) is 4.03. The number of aryl methyl sites for hydroxylation is 1. The summed E-state index contributed by atoms with van der Waals surface area (Å²) in [5.74, 6) is 0.363. The van der Waals surface area contributed by atoms with E-state index in [4.69, 9.17) is 4.74 Å². The monoisotopic (exact) mass is 241 g/mol. The van der Waals surface area contributed by atoms with Crippen LogP contribution in [-0.4, -0.2) is 26.9 Å². The summed E-state index contributed by atoms with van der Waals surface area (Å²) in [6.45, 7) is 1.76. The first-order valence-corrected chi connectivity index (χ1v) is 5.61. The number of nitrogens with zero attached hydrogens (tertiary/aromatic N) is 3. The Morgan fingerprint density at radius 3 is 2.80 bits per heavy atom. The first-order chi connectivity index (χ1) is 7.22. The second-order valence-corrected chi connectivity index (χ2v) is 4.31. The smallest absolute Gasteiger partial charge is 0.225 e. The van der Waals surface area contributed by atoms with Crippen LogP contribution in [0.2, 0.25) is 0 Å². The Morgan fingerprint density at radius 1 is 1.47 bits per heavy atom. The van der Waals surface area contributed by atoms with Gasteiger partial charge >= 0.3 is 0 Å². The summed E-state index contributed by atoms with van der Waals surface area (Å²) in [7, 11) is 1.52. The van der Waals surface area contributed by atoms with E-state index in [0.29, 0.717) is 21.3 Å². The van der Waals surface area contributed by atoms with E-state index in [1.165, 1.54) is 7.11 Å². The van der Waals surface area contributed by atoms with Crippen LogP contribution >= 0.6 is 23.1 Å². The van der Waals surface area contributed by atoms with Crippen molar-refractivity contribution in [3.63, 3.8) is 0 Å². The van der Waals surface area contributed by atoms with E-state index >= 15 is 0 Å². The highest BCUT2D eigenvalue weighted by molar-refractivity contribution is 7.12. The lowest BCUT2D eigenvalue weighted by atomic mass is 10.2. The Bertz CT molecular complexity index is 492. The molecule has 78 valence electrons. The van der Waals surface area contributed by atoms with Crippen molar-refractivity contribution >= 4 is 28.8 Å². The average Bonchev–Trinajstić information content (AvgIpc) is 2.84. The molecule has 0 atom stereocenters. The van der Waals surface area contributed by atoms with E-state index < -0.39 is 0 Å². The van der Waals surface area contributed by atoms with Crippen LogP contribution in [0, 0.1) is 6.92 Å². The van der Waals surface area contributed by atoms with E-state index in [0.717, 1.165) is 23.1 Å². The summed E-state index contributed by atoms with van der Waals surface area (Å²) in [6, 6.07) is 1.62. The highest BCUT2D eigenvalue weighted by Crippen LogP contribution is 2.22. The van der Waals surface area contributed by atoms with Gasteiger partial charge in [-0.2, -0.15) is 4.37 Å². The van der Waals surface area contributed by atoms with Gasteiger partial charge in [0.05, 0.1) is 12.8 Å². The highest BCUT2D eigenvalue weighted by Gasteiger charge is 2.18. The van der Waals surface area contributed by atoms with Gasteiger partial charge in [0.15, 0.2) is 0 Å². The molecule has 0 saturated heterocycles. The summed E-state index contributed by atoms with van der Waals surface area (Å²) in [4.78, 5) is 13.0. The Hall–Kier alpha value is -1.34. The highest BCUT2D eigenvalue weighted by atomic mass is 32.1. The van der Waals surface area contributed by atoms with Crippen molar-refractivity contribution in [1.29, 1.82) is 0 Å². The zero-order valence-electron chi connectivity index (χ0n) is 8.05. The molecule has 0 saturated carbocycles. The van der Waals surface area contributed by atoms with Crippen LogP contribution in [0.3, 0.4) is 0 Å². The van der Waals surface area contributed by atoms with Crippen LogP contribution in [0.25, 0.3) is 0 Å². The normalized spacial score (nSPS) is 10.3. The zero-order chi connectivity index (χ0) is 10.8. The van der Waals surface area contributed by atoms with Crippen molar-refractivity contribution in [3.05, 3.63) is 21.5 Å². The predicted molar refractivity (Wildman–Crippen MR) is 56.7 cm³/mol. The van der Waals surface area contributed by atoms with Gasteiger partial charge < -0.3 is 4.74 Å². The lowest BCUT2D eigenvalue weighted by Gasteiger charge is -1.91. The Balaban J connectivity index is 2.32. The van der Waals surface area contributed by atoms with Gasteiger partial charge in [0.1, 0.15) is 9.75 Å². The molecule has 2 aromatic rings. The van der Waals surface area contributed by atoms with Crippen molar-refractivity contribution in [3.8, 4) is 5.88 Å². The van der Waals surface area contributed by atoms with Gasteiger partial charge in [0, 0.05) is 6.07 Å². The van der Waals surface area contributed by atoms with E-state index in [1.54, 1.807) is 13.0 Å². The van der Waals surface area contributed by atoms with Gasteiger partial charge in [-0.3, -0.25) is 4.79 Å². The Kier molecular flexibility index (Phi) is 2.74. The summed E-state index contributed by atoms with van der Waals surface area (Å²) in [5, 5.41) is 3.79. The average molecular weight is 241 g/mol. The largest absolute Gasteiger partial charge is 0.480 e. The molecule has 0 aromatic carbocycles. The van der Waals surface area contributed by atoms with E-state index in [9.17, 15) is 4.79 Å². The third kappa shape index (κ3) is 1.88. The number of methoxy groups -OCH3 is 1. The molecule has 7 heteroatoms. The number of carbonyl (C=O) groups is 1. The summed E-state index contributed by atoms with van der Waals surface area (Å²) in [6.07, 6.45) is 0. The molecule has 0 fully saturated rings. The molecule has 0 unspecified atom stereocenters. The number of hydrogen-bond acceptors (Lipinski definition) is 7. The molecule has 0 amide bonds. The van der Waals surface area contributed by atoms with Crippen molar-refractivity contribution in [2.24, 2.45) is 0 Å². The van der Waals surface area contributed by atoms with Gasteiger partial charge in [-0.1, -0.05) is 4.49 Å². The predicted octanol–water partition coefficient (Wildman–Crippen LogP) is 1.54. The van der Waals surface area contributed by atoms with E-state index in [1.807, 2.05) is 0 Å². The van der Waals surface area contributed by atoms with Gasteiger partial charge in [0.25, 0.3) is 0 Å². The molecule has 0 bridgehead atoms.